The van der Waals surface area contributed by atoms with E-state index in [0.717, 1.165) is 21.7 Å². The minimum Gasteiger partial charge on any atom is -0.347 e. The van der Waals surface area contributed by atoms with E-state index in [9.17, 15) is 19.2 Å². The Morgan fingerprint density at radius 2 is 1.73 bits per heavy atom. The smallest absolute Gasteiger partial charge is 0.325 e. The minimum absolute atomic E-state index is 0.0293. The minimum atomic E-state index is -0.959. The fraction of sp³-hybridized carbons (Fsp3) is 0.444. The maximum Gasteiger partial charge on any atom is 0.325 e. The summed E-state index contributed by atoms with van der Waals surface area (Å²) in [5.74, 6) is -1.12. The topological polar surface area (TPSA) is 108 Å². The summed E-state index contributed by atoms with van der Waals surface area (Å²) in [4.78, 5) is 48.7. The first-order chi connectivity index (χ1) is 12.1. The van der Waals surface area contributed by atoms with Crippen LogP contribution in [-0.4, -0.2) is 47.3 Å². The Labute approximate surface area is 152 Å². The number of benzene rings is 1. The molecule has 5 amide bonds. The molecule has 1 heterocycles. The van der Waals surface area contributed by atoms with E-state index in [0.29, 0.717) is 0 Å². The molecule has 8 nitrogen and oxygen atoms in total. The van der Waals surface area contributed by atoms with Gasteiger partial charge in [0.2, 0.25) is 11.8 Å². The second-order valence-electron chi connectivity index (χ2n) is 6.85. The van der Waals surface area contributed by atoms with E-state index in [2.05, 4.69) is 16.0 Å². The van der Waals surface area contributed by atoms with Crippen molar-refractivity contribution in [3.63, 3.8) is 0 Å². The molecule has 1 fully saturated rings. The summed E-state index contributed by atoms with van der Waals surface area (Å²) >= 11 is 0. The molecule has 0 spiro atoms. The molecular weight excluding hydrogens is 336 g/mol. The third-order valence-electron chi connectivity index (χ3n) is 4.20. The normalized spacial score (nSPS) is 15.6. The van der Waals surface area contributed by atoms with Crippen LogP contribution in [0.25, 0.3) is 0 Å². The number of urea groups is 1. The lowest BCUT2D eigenvalue weighted by molar-refractivity contribution is -0.131. The summed E-state index contributed by atoms with van der Waals surface area (Å²) in [6.45, 7) is 6.77. The van der Waals surface area contributed by atoms with Crippen molar-refractivity contribution in [2.75, 3.05) is 18.4 Å². The van der Waals surface area contributed by atoms with Crippen molar-refractivity contribution in [2.45, 2.75) is 39.7 Å². The van der Waals surface area contributed by atoms with Crippen molar-refractivity contribution in [1.29, 1.82) is 0 Å². The number of anilines is 1. The van der Waals surface area contributed by atoms with Gasteiger partial charge in [0.15, 0.2) is 0 Å². The summed E-state index contributed by atoms with van der Waals surface area (Å²) in [5.41, 5.74) is 1.64. The fourth-order valence-electron chi connectivity index (χ4n) is 2.70. The highest BCUT2D eigenvalue weighted by Gasteiger charge is 2.43. The first kappa shape index (κ1) is 19.4. The average molecular weight is 360 g/mol. The molecule has 0 unspecified atom stereocenters. The van der Waals surface area contributed by atoms with Crippen molar-refractivity contribution < 1.29 is 19.2 Å². The second-order valence-corrected chi connectivity index (χ2v) is 6.85. The molecule has 1 aliphatic rings. The van der Waals surface area contributed by atoms with Gasteiger partial charge in [0.25, 0.3) is 5.91 Å². The Kier molecular flexibility index (Phi) is 5.64. The molecule has 2 rings (SSSR count). The Hall–Kier alpha value is -2.90. The van der Waals surface area contributed by atoms with E-state index in [1.807, 2.05) is 32.0 Å². The molecule has 26 heavy (non-hydrogen) atoms. The second kappa shape index (κ2) is 7.55. The summed E-state index contributed by atoms with van der Waals surface area (Å²) < 4.78 is 0. The van der Waals surface area contributed by atoms with E-state index < -0.39 is 17.5 Å². The number of carbonyl (C=O) groups excluding carboxylic acids is 4. The van der Waals surface area contributed by atoms with E-state index in [1.54, 1.807) is 13.8 Å². The SMILES string of the molecule is Cc1cccc(C)c1NC(=O)CNC(=O)CCN1C(=O)NC(C)(C)C1=O. The first-order valence-electron chi connectivity index (χ1n) is 8.38. The average Bonchev–Trinajstić information content (AvgIpc) is 2.75. The predicted octanol–water partition coefficient (Wildman–Crippen LogP) is 1.08. The number of aryl methyl sites for hydroxylation is 2. The Bertz CT molecular complexity index is 737. The molecule has 1 aromatic rings. The standard InChI is InChI=1S/C18H24N4O4/c1-11-6-5-7-12(2)15(11)20-14(24)10-19-13(23)8-9-22-16(25)18(3,4)21-17(22)26/h5-7H,8-10H2,1-4H3,(H,19,23)(H,20,24)(H,21,26). The lowest BCUT2D eigenvalue weighted by Crippen LogP contribution is -2.41. The zero-order valence-electron chi connectivity index (χ0n) is 15.4. The van der Waals surface area contributed by atoms with Gasteiger partial charge in [-0.1, -0.05) is 18.2 Å². The zero-order chi connectivity index (χ0) is 19.5. The number of rotatable bonds is 6. The van der Waals surface area contributed by atoms with E-state index in [-0.39, 0.29) is 31.3 Å². The summed E-state index contributed by atoms with van der Waals surface area (Å²) in [6.07, 6.45) is -0.0636. The van der Waals surface area contributed by atoms with Gasteiger partial charge in [0.05, 0.1) is 6.54 Å². The molecule has 1 saturated heterocycles. The van der Waals surface area contributed by atoms with Crippen molar-refractivity contribution in [3.05, 3.63) is 29.3 Å². The van der Waals surface area contributed by atoms with Gasteiger partial charge in [0.1, 0.15) is 5.54 Å². The molecule has 140 valence electrons. The van der Waals surface area contributed by atoms with Crippen molar-refractivity contribution in [2.24, 2.45) is 0 Å². The highest BCUT2D eigenvalue weighted by atomic mass is 16.2. The van der Waals surface area contributed by atoms with E-state index in [1.165, 1.54) is 0 Å². The lowest BCUT2D eigenvalue weighted by Gasteiger charge is -2.16. The predicted molar refractivity (Wildman–Crippen MR) is 96.5 cm³/mol. The van der Waals surface area contributed by atoms with Crippen LogP contribution in [0, 0.1) is 13.8 Å². The summed E-state index contributed by atoms with van der Waals surface area (Å²) in [6, 6.07) is 5.17. The van der Waals surface area contributed by atoms with Crippen LogP contribution in [-0.2, 0) is 14.4 Å². The zero-order valence-corrected chi connectivity index (χ0v) is 15.4. The van der Waals surface area contributed by atoms with Crippen molar-refractivity contribution in [1.82, 2.24) is 15.5 Å². The first-order valence-corrected chi connectivity index (χ1v) is 8.38. The molecule has 1 aliphatic heterocycles. The van der Waals surface area contributed by atoms with Crippen molar-refractivity contribution >= 4 is 29.4 Å². The molecule has 0 aromatic heterocycles. The van der Waals surface area contributed by atoms with Crippen LogP contribution in [0.2, 0.25) is 0 Å². The van der Waals surface area contributed by atoms with Gasteiger partial charge in [-0.15, -0.1) is 0 Å². The number of carbonyl (C=O) groups is 4. The third kappa shape index (κ3) is 4.38. The quantitative estimate of drug-likeness (QED) is 0.660. The van der Waals surface area contributed by atoms with Crippen LogP contribution in [0.15, 0.2) is 18.2 Å². The molecule has 3 N–H and O–H groups in total. The van der Waals surface area contributed by atoms with Gasteiger partial charge in [-0.2, -0.15) is 0 Å². The summed E-state index contributed by atoms with van der Waals surface area (Å²) in [5, 5.41) is 7.82. The van der Waals surface area contributed by atoms with Crippen molar-refractivity contribution in [3.8, 4) is 0 Å². The van der Waals surface area contributed by atoms with Crippen LogP contribution in [0.5, 0.6) is 0 Å². The fourth-order valence-corrected chi connectivity index (χ4v) is 2.70. The maximum atomic E-state index is 12.0. The Morgan fingerprint density at radius 3 is 2.27 bits per heavy atom. The van der Waals surface area contributed by atoms with Crippen LogP contribution in [0.1, 0.15) is 31.4 Å². The van der Waals surface area contributed by atoms with E-state index in [4.69, 9.17) is 0 Å². The van der Waals surface area contributed by atoms with Gasteiger partial charge in [-0.25, -0.2) is 4.79 Å². The molecule has 1 aromatic carbocycles. The van der Waals surface area contributed by atoms with Crippen LogP contribution in [0.3, 0.4) is 0 Å². The molecular formula is C18H24N4O4. The molecule has 0 bridgehead atoms. The van der Waals surface area contributed by atoms with Gasteiger partial charge in [-0.05, 0) is 38.8 Å². The monoisotopic (exact) mass is 360 g/mol. The van der Waals surface area contributed by atoms with E-state index >= 15 is 0 Å². The van der Waals surface area contributed by atoms with Crippen LogP contribution < -0.4 is 16.0 Å². The Balaban J connectivity index is 1.79. The maximum absolute atomic E-state index is 12.0. The van der Waals surface area contributed by atoms with Crippen LogP contribution in [0.4, 0.5) is 10.5 Å². The molecule has 8 heteroatoms. The van der Waals surface area contributed by atoms with Crippen LogP contribution >= 0.6 is 0 Å². The summed E-state index contributed by atoms with van der Waals surface area (Å²) in [7, 11) is 0. The lowest BCUT2D eigenvalue weighted by atomic mass is 10.1. The molecule has 0 radical (unpaired) electrons. The number of amides is 5. The van der Waals surface area contributed by atoms with Gasteiger partial charge in [0, 0.05) is 18.7 Å². The van der Waals surface area contributed by atoms with Gasteiger partial charge >= 0.3 is 6.03 Å². The number of nitrogens with one attached hydrogen (secondary N) is 3. The Morgan fingerprint density at radius 1 is 1.12 bits per heavy atom. The number of hydrogen-bond donors (Lipinski definition) is 3. The van der Waals surface area contributed by atoms with Gasteiger partial charge in [-0.3, -0.25) is 19.3 Å². The number of nitrogens with zero attached hydrogens (tertiary/aromatic N) is 1. The molecule has 0 aliphatic carbocycles. The number of imide groups is 1. The molecule has 0 saturated carbocycles. The number of hydrogen-bond acceptors (Lipinski definition) is 4. The molecule has 0 atom stereocenters. The highest BCUT2D eigenvalue weighted by molar-refractivity contribution is 6.06. The highest BCUT2D eigenvalue weighted by Crippen LogP contribution is 2.19. The van der Waals surface area contributed by atoms with Gasteiger partial charge < -0.3 is 16.0 Å². The largest absolute Gasteiger partial charge is 0.347 e. The number of para-hydroxylation sites is 1. The third-order valence-corrected chi connectivity index (χ3v) is 4.20.